The van der Waals surface area contributed by atoms with Gasteiger partial charge in [-0.25, -0.2) is 4.79 Å². The van der Waals surface area contributed by atoms with Crippen LogP contribution in [-0.4, -0.2) is 17.7 Å². The summed E-state index contributed by atoms with van der Waals surface area (Å²) in [7, 11) is 0. The van der Waals surface area contributed by atoms with Crippen LogP contribution in [0.3, 0.4) is 0 Å². The highest BCUT2D eigenvalue weighted by Gasteiger charge is 2.27. The third-order valence-corrected chi connectivity index (χ3v) is 6.08. The van der Waals surface area contributed by atoms with E-state index in [2.05, 4.69) is 32.7 Å². The SMILES string of the molecule is C=CC(=O)OC(C)NC(CC)(CC)CCCCCCCCCCCCCCC.Cl. The van der Waals surface area contributed by atoms with Gasteiger partial charge in [0.05, 0.1) is 0 Å². The zero-order chi connectivity index (χ0) is 21.1. The van der Waals surface area contributed by atoms with Crippen molar-refractivity contribution in [3.8, 4) is 0 Å². The van der Waals surface area contributed by atoms with Crippen LogP contribution in [0.15, 0.2) is 12.7 Å². The number of esters is 1. The van der Waals surface area contributed by atoms with E-state index in [4.69, 9.17) is 4.74 Å². The van der Waals surface area contributed by atoms with Gasteiger partial charge in [0.2, 0.25) is 0 Å². The summed E-state index contributed by atoms with van der Waals surface area (Å²) in [5, 5.41) is 3.55. The molecule has 0 aliphatic rings. The van der Waals surface area contributed by atoms with Gasteiger partial charge in [-0.15, -0.1) is 12.4 Å². The van der Waals surface area contributed by atoms with Crippen LogP contribution in [0.4, 0.5) is 0 Å². The second-order valence-electron chi connectivity index (χ2n) is 8.41. The molecule has 0 fully saturated rings. The molecule has 1 unspecified atom stereocenters. The molecule has 0 aromatic rings. The predicted octanol–water partition coefficient (Wildman–Crippen LogP) is 8.11. The Morgan fingerprint density at radius 3 is 1.66 bits per heavy atom. The Balaban J connectivity index is 0. The molecule has 0 aromatic heterocycles. The van der Waals surface area contributed by atoms with Crippen molar-refractivity contribution in [2.24, 2.45) is 0 Å². The Bertz CT molecular complexity index is 383. The zero-order valence-corrected chi connectivity index (χ0v) is 20.7. The van der Waals surface area contributed by atoms with E-state index >= 15 is 0 Å². The Morgan fingerprint density at radius 1 is 0.862 bits per heavy atom. The minimum absolute atomic E-state index is 0. The molecule has 1 atom stereocenters. The van der Waals surface area contributed by atoms with Gasteiger partial charge in [0.1, 0.15) is 0 Å². The molecule has 0 heterocycles. The summed E-state index contributed by atoms with van der Waals surface area (Å²) in [6.07, 6.45) is 22.2. The molecule has 29 heavy (non-hydrogen) atoms. The molecule has 3 nitrogen and oxygen atoms in total. The summed E-state index contributed by atoms with van der Waals surface area (Å²) < 4.78 is 5.31. The lowest BCUT2D eigenvalue weighted by molar-refractivity contribution is -0.144. The van der Waals surface area contributed by atoms with Crippen molar-refractivity contribution < 1.29 is 9.53 Å². The van der Waals surface area contributed by atoms with Crippen molar-refractivity contribution >= 4 is 18.4 Å². The largest absolute Gasteiger partial charge is 0.444 e. The second-order valence-corrected chi connectivity index (χ2v) is 8.41. The Morgan fingerprint density at radius 2 is 1.28 bits per heavy atom. The van der Waals surface area contributed by atoms with E-state index in [-0.39, 0.29) is 30.1 Å². The van der Waals surface area contributed by atoms with Crippen LogP contribution < -0.4 is 5.32 Å². The van der Waals surface area contributed by atoms with Crippen molar-refractivity contribution in [1.82, 2.24) is 5.32 Å². The number of nitrogens with one attached hydrogen (secondary N) is 1. The predicted molar refractivity (Wildman–Crippen MR) is 130 cm³/mol. The summed E-state index contributed by atoms with van der Waals surface area (Å²) in [6.45, 7) is 12.1. The van der Waals surface area contributed by atoms with Gasteiger partial charge >= 0.3 is 5.97 Å². The number of unbranched alkanes of at least 4 members (excludes halogenated alkanes) is 12. The summed E-state index contributed by atoms with van der Waals surface area (Å²) in [5.41, 5.74) is 0.0681. The maximum absolute atomic E-state index is 11.4. The molecule has 0 aromatic carbocycles. The molecule has 1 N–H and O–H groups in total. The number of ether oxygens (including phenoxy) is 1. The van der Waals surface area contributed by atoms with Crippen LogP contribution in [0.2, 0.25) is 0 Å². The molecule has 0 saturated heterocycles. The Kier molecular flexibility index (Phi) is 21.9. The fourth-order valence-corrected chi connectivity index (χ4v) is 4.04. The third kappa shape index (κ3) is 16.9. The summed E-state index contributed by atoms with van der Waals surface area (Å²) in [6, 6.07) is 0. The van der Waals surface area contributed by atoms with E-state index in [9.17, 15) is 4.79 Å². The molecular formula is C25H50ClNO2. The van der Waals surface area contributed by atoms with Crippen LogP contribution in [0.1, 0.15) is 130 Å². The highest BCUT2D eigenvalue weighted by Crippen LogP contribution is 2.24. The molecule has 0 saturated carbocycles. The minimum atomic E-state index is -0.359. The van der Waals surface area contributed by atoms with Crippen molar-refractivity contribution in [2.75, 3.05) is 0 Å². The minimum Gasteiger partial charge on any atom is -0.444 e. The van der Waals surface area contributed by atoms with Crippen molar-refractivity contribution in [2.45, 2.75) is 142 Å². The number of hydrogen-bond acceptors (Lipinski definition) is 3. The molecule has 0 bridgehead atoms. The van der Waals surface area contributed by atoms with E-state index < -0.39 is 0 Å². The van der Waals surface area contributed by atoms with Gasteiger partial charge in [-0.2, -0.15) is 0 Å². The quantitative estimate of drug-likeness (QED) is 0.0914. The van der Waals surface area contributed by atoms with E-state index in [0.717, 1.165) is 19.3 Å². The first-order valence-electron chi connectivity index (χ1n) is 12.1. The summed E-state index contributed by atoms with van der Waals surface area (Å²) in [4.78, 5) is 11.4. The first kappa shape index (κ1) is 30.7. The van der Waals surface area contributed by atoms with Crippen molar-refractivity contribution in [1.29, 1.82) is 0 Å². The monoisotopic (exact) mass is 431 g/mol. The molecule has 4 heteroatoms. The fourth-order valence-electron chi connectivity index (χ4n) is 4.04. The molecular weight excluding hydrogens is 382 g/mol. The average molecular weight is 432 g/mol. The number of halogens is 1. The molecule has 0 spiro atoms. The van der Waals surface area contributed by atoms with Gasteiger partial charge < -0.3 is 4.74 Å². The molecule has 0 radical (unpaired) electrons. The van der Waals surface area contributed by atoms with Crippen molar-refractivity contribution in [3.05, 3.63) is 12.7 Å². The van der Waals surface area contributed by atoms with Crippen LogP contribution in [0.5, 0.6) is 0 Å². The number of carbonyl (C=O) groups is 1. The molecule has 0 amide bonds. The zero-order valence-electron chi connectivity index (χ0n) is 19.9. The summed E-state index contributed by atoms with van der Waals surface area (Å²) >= 11 is 0. The smallest absolute Gasteiger partial charge is 0.331 e. The van der Waals surface area contributed by atoms with E-state index in [1.165, 1.54) is 89.5 Å². The second kappa shape index (κ2) is 20.7. The summed E-state index contributed by atoms with van der Waals surface area (Å²) in [5.74, 6) is -0.359. The standard InChI is InChI=1S/C25H49NO2.ClH/c1-6-10-11-12-13-14-15-16-17-18-19-20-21-22-25(8-3,9-4)26-23(5)28-24(27)7-2;/h7,23,26H,2,6,8-22H2,1,3-5H3;1H. The van der Waals surface area contributed by atoms with Gasteiger partial charge in [0.15, 0.2) is 6.23 Å². The van der Waals surface area contributed by atoms with Gasteiger partial charge in [0.25, 0.3) is 0 Å². The van der Waals surface area contributed by atoms with Gasteiger partial charge in [-0.05, 0) is 26.2 Å². The van der Waals surface area contributed by atoms with E-state index in [1.54, 1.807) is 0 Å². The molecule has 0 aliphatic heterocycles. The van der Waals surface area contributed by atoms with Crippen molar-refractivity contribution in [3.63, 3.8) is 0 Å². The van der Waals surface area contributed by atoms with Crippen LogP contribution in [0.25, 0.3) is 0 Å². The van der Waals surface area contributed by atoms with Crippen LogP contribution in [0, 0.1) is 0 Å². The highest BCUT2D eigenvalue weighted by molar-refractivity contribution is 5.85. The first-order chi connectivity index (χ1) is 13.5. The Hall–Kier alpha value is -0.540. The van der Waals surface area contributed by atoms with E-state index in [0.29, 0.717) is 0 Å². The number of hydrogen-bond donors (Lipinski definition) is 1. The lowest BCUT2D eigenvalue weighted by atomic mass is 9.86. The van der Waals surface area contributed by atoms with Gasteiger partial charge in [0, 0.05) is 11.6 Å². The Labute approximate surface area is 188 Å². The topological polar surface area (TPSA) is 38.3 Å². The molecule has 174 valence electrons. The number of rotatable bonds is 20. The molecule has 0 rings (SSSR count). The fraction of sp³-hybridized carbons (Fsp3) is 0.880. The highest BCUT2D eigenvalue weighted by atomic mass is 35.5. The lowest BCUT2D eigenvalue weighted by Gasteiger charge is -2.35. The van der Waals surface area contributed by atoms with E-state index in [1.807, 2.05) is 6.92 Å². The number of carbonyl (C=O) groups excluding carboxylic acids is 1. The van der Waals surface area contributed by atoms with Gasteiger partial charge in [-0.1, -0.05) is 111 Å². The normalized spacial score (nSPS) is 12.3. The third-order valence-electron chi connectivity index (χ3n) is 6.08. The van der Waals surface area contributed by atoms with Gasteiger partial charge in [-0.3, -0.25) is 5.32 Å². The van der Waals surface area contributed by atoms with Crippen LogP contribution >= 0.6 is 12.4 Å². The first-order valence-corrected chi connectivity index (χ1v) is 12.1. The molecule has 0 aliphatic carbocycles. The maximum atomic E-state index is 11.4. The average Bonchev–Trinajstić information content (AvgIpc) is 2.70. The lowest BCUT2D eigenvalue weighted by Crippen LogP contribution is -2.50. The maximum Gasteiger partial charge on any atom is 0.331 e. The van der Waals surface area contributed by atoms with Crippen LogP contribution in [-0.2, 0) is 9.53 Å².